The molecule has 0 spiro atoms. The number of fused-ring (bicyclic) bond motifs is 3. The number of aromatic nitrogens is 2. The maximum Gasteiger partial charge on any atom is 0.264 e. The molecule has 11 heteroatoms. The number of carbonyl (C=O) groups excluding carboxylic acids is 1. The predicted octanol–water partition coefficient (Wildman–Crippen LogP) is 2.16. The zero-order valence-electron chi connectivity index (χ0n) is 18.6. The van der Waals surface area contributed by atoms with Crippen molar-refractivity contribution < 1.29 is 22.7 Å². The Morgan fingerprint density at radius 1 is 1.18 bits per heavy atom. The van der Waals surface area contributed by atoms with Gasteiger partial charge in [0.25, 0.3) is 15.9 Å². The minimum absolute atomic E-state index is 0.133. The lowest BCUT2D eigenvalue weighted by molar-refractivity contribution is -0.121. The van der Waals surface area contributed by atoms with Crippen LogP contribution in [-0.2, 0) is 21.4 Å². The number of nitrogens with zero attached hydrogens (tertiary/aromatic N) is 4. The molecule has 4 rings (SSSR count). The Labute approximate surface area is 191 Å². The van der Waals surface area contributed by atoms with Crippen molar-refractivity contribution in [1.82, 2.24) is 15.2 Å². The summed E-state index contributed by atoms with van der Waals surface area (Å²) in [5, 5.41) is 8.52. The summed E-state index contributed by atoms with van der Waals surface area (Å²) < 4.78 is 38.9. The minimum Gasteiger partial charge on any atom is -0.497 e. The Morgan fingerprint density at radius 2 is 1.94 bits per heavy atom. The lowest BCUT2D eigenvalue weighted by atomic mass is 10.1. The number of benzene rings is 2. The van der Waals surface area contributed by atoms with Gasteiger partial charge in [-0.3, -0.25) is 13.8 Å². The molecule has 2 aromatic carbocycles. The van der Waals surface area contributed by atoms with Crippen molar-refractivity contribution in [1.29, 1.82) is 0 Å². The lowest BCUT2D eigenvalue weighted by Crippen LogP contribution is -2.30. The maximum atomic E-state index is 12.9. The van der Waals surface area contributed by atoms with Gasteiger partial charge in [-0.15, -0.1) is 0 Å². The van der Waals surface area contributed by atoms with Gasteiger partial charge in [-0.2, -0.15) is 10.2 Å². The highest BCUT2D eigenvalue weighted by molar-refractivity contribution is 7.93. The molecule has 172 valence electrons. The zero-order valence-corrected chi connectivity index (χ0v) is 19.4. The molecule has 0 unspecified atom stereocenters. The van der Waals surface area contributed by atoms with Crippen molar-refractivity contribution >= 4 is 27.8 Å². The summed E-state index contributed by atoms with van der Waals surface area (Å²) in [6.07, 6.45) is 1.47. The van der Waals surface area contributed by atoms with Crippen LogP contribution in [0.15, 0.2) is 52.5 Å². The van der Waals surface area contributed by atoms with Crippen LogP contribution in [0, 0.1) is 6.92 Å². The average Bonchev–Trinajstić information content (AvgIpc) is 3.13. The highest BCUT2D eigenvalue weighted by atomic mass is 32.2. The molecule has 0 saturated carbocycles. The van der Waals surface area contributed by atoms with Crippen molar-refractivity contribution in [3.05, 3.63) is 53.7 Å². The first-order chi connectivity index (χ1) is 15.8. The van der Waals surface area contributed by atoms with Crippen molar-refractivity contribution in [2.24, 2.45) is 5.10 Å². The topological polar surface area (TPSA) is 115 Å². The van der Waals surface area contributed by atoms with E-state index in [2.05, 4.69) is 15.6 Å². The fourth-order valence-corrected chi connectivity index (χ4v) is 5.12. The van der Waals surface area contributed by atoms with E-state index in [9.17, 15) is 13.2 Å². The number of methoxy groups -OCH3 is 2. The molecule has 1 aromatic heterocycles. The van der Waals surface area contributed by atoms with Gasteiger partial charge in [0.15, 0.2) is 0 Å². The molecule has 1 N–H and O–H groups in total. The average molecular weight is 470 g/mol. The molecule has 0 radical (unpaired) electrons. The molecule has 0 aliphatic carbocycles. The number of hydrogen-bond acceptors (Lipinski definition) is 7. The molecule has 0 bridgehead atoms. The van der Waals surface area contributed by atoms with E-state index < -0.39 is 15.9 Å². The van der Waals surface area contributed by atoms with Crippen LogP contribution >= 0.6 is 0 Å². The SMILES string of the molecule is COc1ccc(/C=N/NC(=O)Cn2nc3c(c2C)N(C)S(=O)(=O)c2ccccc2-3)c(OC)c1. The van der Waals surface area contributed by atoms with Crippen molar-refractivity contribution in [2.75, 3.05) is 25.6 Å². The molecule has 3 aromatic rings. The van der Waals surface area contributed by atoms with E-state index in [1.165, 1.54) is 29.4 Å². The highest BCUT2D eigenvalue weighted by Gasteiger charge is 2.36. The number of hydrogen-bond donors (Lipinski definition) is 1. The first-order valence-corrected chi connectivity index (χ1v) is 11.4. The molecule has 10 nitrogen and oxygen atoms in total. The fraction of sp³-hybridized carbons (Fsp3) is 0.227. The molecule has 0 atom stereocenters. The summed E-state index contributed by atoms with van der Waals surface area (Å²) in [4.78, 5) is 12.7. The van der Waals surface area contributed by atoms with E-state index in [1.807, 2.05) is 0 Å². The quantitative estimate of drug-likeness (QED) is 0.437. The normalized spacial score (nSPS) is 14.0. The van der Waals surface area contributed by atoms with Gasteiger partial charge >= 0.3 is 0 Å². The van der Waals surface area contributed by atoms with Gasteiger partial charge in [0.05, 0.1) is 31.0 Å². The van der Waals surface area contributed by atoms with Crippen LogP contribution in [0.4, 0.5) is 5.69 Å². The molecule has 1 amide bonds. The van der Waals surface area contributed by atoms with Crippen LogP contribution < -0.4 is 19.2 Å². The first-order valence-electron chi connectivity index (χ1n) is 9.97. The molecule has 33 heavy (non-hydrogen) atoms. The summed E-state index contributed by atoms with van der Waals surface area (Å²) in [7, 11) is 0.878. The number of nitrogens with one attached hydrogen (secondary N) is 1. The van der Waals surface area contributed by atoms with Crippen LogP contribution in [-0.4, -0.2) is 51.6 Å². The second-order valence-corrected chi connectivity index (χ2v) is 9.25. The molecule has 1 aliphatic rings. The molecule has 0 fully saturated rings. The third-order valence-corrected chi connectivity index (χ3v) is 7.21. The fourth-order valence-electron chi connectivity index (χ4n) is 3.67. The Balaban J connectivity index is 1.55. The number of hydrazone groups is 1. The first kappa shape index (κ1) is 22.3. The van der Waals surface area contributed by atoms with Gasteiger partial charge in [-0.05, 0) is 25.1 Å². The largest absolute Gasteiger partial charge is 0.497 e. The highest BCUT2D eigenvalue weighted by Crippen LogP contribution is 2.43. The number of sulfonamides is 1. The van der Waals surface area contributed by atoms with Gasteiger partial charge in [-0.25, -0.2) is 13.8 Å². The van der Waals surface area contributed by atoms with E-state index >= 15 is 0 Å². The Hall–Kier alpha value is -3.86. The number of anilines is 1. The number of ether oxygens (including phenoxy) is 2. The van der Waals surface area contributed by atoms with Crippen LogP contribution in [0.5, 0.6) is 11.5 Å². The third kappa shape index (κ3) is 3.91. The van der Waals surface area contributed by atoms with Crippen LogP contribution in [0.3, 0.4) is 0 Å². The monoisotopic (exact) mass is 469 g/mol. The summed E-state index contributed by atoms with van der Waals surface area (Å²) in [6, 6.07) is 11.9. The summed E-state index contributed by atoms with van der Waals surface area (Å²) in [5.74, 6) is 0.769. The van der Waals surface area contributed by atoms with E-state index in [0.29, 0.717) is 39.7 Å². The molecular weight excluding hydrogens is 446 g/mol. The van der Waals surface area contributed by atoms with E-state index in [-0.39, 0.29) is 11.4 Å². The lowest BCUT2D eigenvalue weighted by Gasteiger charge is -2.26. The molecule has 0 saturated heterocycles. The van der Waals surface area contributed by atoms with Gasteiger partial charge in [-0.1, -0.05) is 18.2 Å². The number of rotatable bonds is 6. The number of carbonyl (C=O) groups is 1. The number of amides is 1. The Bertz CT molecular complexity index is 1360. The Kier molecular flexibility index (Phi) is 5.81. The van der Waals surface area contributed by atoms with E-state index in [1.54, 1.807) is 56.5 Å². The third-order valence-electron chi connectivity index (χ3n) is 5.40. The van der Waals surface area contributed by atoms with Crippen molar-refractivity contribution in [3.63, 3.8) is 0 Å². The van der Waals surface area contributed by atoms with Gasteiger partial charge < -0.3 is 9.47 Å². The molecule has 2 heterocycles. The zero-order chi connectivity index (χ0) is 23.8. The summed E-state index contributed by atoms with van der Waals surface area (Å²) >= 11 is 0. The van der Waals surface area contributed by atoms with Gasteiger partial charge in [0.2, 0.25) is 0 Å². The smallest absolute Gasteiger partial charge is 0.264 e. The van der Waals surface area contributed by atoms with E-state index in [0.717, 1.165) is 0 Å². The van der Waals surface area contributed by atoms with E-state index in [4.69, 9.17) is 9.47 Å². The Morgan fingerprint density at radius 3 is 2.67 bits per heavy atom. The van der Waals surface area contributed by atoms with Crippen LogP contribution in [0.1, 0.15) is 11.3 Å². The molecule has 1 aliphatic heterocycles. The van der Waals surface area contributed by atoms with Crippen LogP contribution in [0.2, 0.25) is 0 Å². The standard InChI is InChI=1S/C22H23N5O5S/c1-14-22-21(17-7-5-6-8-19(17)33(29,30)26(22)2)25-27(14)13-20(28)24-23-12-15-9-10-16(31-3)11-18(15)32-4/h5-12H,13H2,1-4H3,(H,24,28)/b23-12+. The predicted molar refractivity (Wildman–Crippen MR) is 123 cm³/mol. The van der Waals surface area contributed by atoms with Crippen LogP contribution in [0.25, 0.3) is 11.3 Å². The second kappa shape index (κ2) is 8.58. The van der Waals surface area contributed by atoms with Gasteiger partial charge in [0, 0.05) is 24.2 Å². The second-order valence-electron chi connectivity index (χ2n) is 7.31. The summed E-state index contributed by atoms with van der Waals surface area (Å²) in [6.45, 7) is 1.59. The molecular formula is C22H23N5O5S. The van der Waals surface area contributed by atoms with Crippen molar-refractivity contribution in [2.45, 2.75) is 18.4 Å². The maximum absolute atomic E-state index is 12.9. The van der Waals surface area contributed by atoms with Crippen molar-refractivity contribution in [3.8, 4) is 22.8 Å². The minimum atomic E-state index is -3.69. The van der Waals surface area contributed by atoms with Gasteiger partial charge in [0.1, 0.15) is 29.4 Å². The summed E-state index contributed by atoms with van der Waals surface area (Å²) in [5.41, 5.74) is 5.16.